The van der Waals surface area contributed by atoms with Crippen molar-refractivity contribution >= 4 is 11.9 Å². The number of nitrogens with one attached hydrogen (secondary N) is 1. The van der Waals surface area contributed by atoms with Crippen LogP contribution in [0.5, 0.6) is 0 Å². The maximum atomic E-state index is 14.0. The molecule has 2 aromatic rings. The van der Waals surface area contributed by atoms with E-state index < -0.39 is 46.9 Å². The van der Waals surface area contributed by atoms with Gasteiger partial charge in [-0.2, -0.15) is 0 Å². The normalized spacial score (nSPS) is 22.1. The number of amides is 1. The second-order valence-electron chi connectivity index (χ2n) is 8.25. The molecular formula is C22H24F3N3O4. The van der Waals surface area contributed by atoms with Gasteiger partial charge in [0.15, 0.2) is 11.5 Å². The van der Waals surface area contributed by atoms with Gasteiger partial charge in [0.2, 0.25) is 0 Å². The number of hydrogen-bond donors (Lipinski definition) is 1. The number of piperidine rings is 1. The molecule has 172 valence electrons. The van der Waals surface area contributed by atoms with Crippen LogP contribution in [0.15, 0.2) is 22.7 Å². The number of halogens is 3. The maximum absolute atomic E-state index is 14.0. The molecule has 0 unspecified atom stereocenters. The molecule has 1 saturated carbocycles. The number of rotatable bonds is 5. The van der Waals surface area contributed by atoms with Crippen molar-refractivity contribution in [3.63, 3.8) is 0 Å². The van der Waals surface area contributed by atoms with Gasteiger partial charge >= 0.3 is 5.97 Å². The minimum Gasteiger partial charge on any atom is -0.469 e. The number of hydrogen-bond acceptors (Lipinski definition) is 6. The zero-order valence-electron chi connectivity index (χ0n) is 17.6. The third-order valence-electron chi connectivity index (χ3n) is 6.30. The van der Waals surface area contributed by atoms with Crippen molar-refractivity contribution < 1.29 is 32.0 Å². The lowest BCUT2D eigenvalue weighted by Gasteiger charge is -2.40. The molecule has 0 bridgehead atoms. The zero-order valence-corrected chi connectivity index (χ0v) is 17.6. The molecule has 2 aliphatic rings. The van der Waals surface area contributed by atoms with Gasteiger partial charge in [0.1, 0.15) is 17.5 Å². The standard InChI is InChI=1S/C22H24F3N3O4/c1-31-22(30)14-11-28(13-4-2-3-5-13)7-6-17(14)26-21(29)18-10-19(32-27-18)20-15(24)8-12(23)9-16(20)25/h8-10,13-14,17H,2-7,11H2,1H3,(H,26,29)/t14-,17-/m1/s1. The lowest BCUT2D eigenvalue weighted by Crippen LogP contribution is -2.55. The average Bonchev–Trinajstić information content (AvgIpc) is 3.45. The summed E-state index contributed by atoms with van der Waals surface area (Å²) in [7, 11) is 1.31. The average molecular weight is 451 g/mol. The van der Waals surface area contributed by atoms with Gasteiger partial charge in [-0.25, -0.2) is 13.2 Å². The summed E-state index contributed by atoms with van der Waals surface area (Å²) in [5.41, 5.74) is -0.819. The van der Waals surface area contributed by atoms with E-state index >= 15 is 0 Å². The van der Waals surface area contributed by atoms with Crippen LogP contribution in [0.4, 0.5) is 13.2 Å². The predicted octanol–water partition coefficient (Wildman–Crippen LogP) is 3.29. The highest BCUT2D eigenvalue weighted by Crippen LogP contribution is 2.30. The number of carbonyl (C=O) groups excluding carboxylic acids is 2. The Kier molecular flexibility index (Phi) is 6.50. The Morgan fingerprint density at radius 1 is 1.12 bits per heavy atom. The van der Waals surface area contributed by atoms with Gasteiger partial charge in [0.05, 0.1) is 18.6 Å². The van der Waals surface area contributed by atoms with E-state index in [1.807, 2.05) is 0 Å². The van der Waals surface area contributed by atoms with Crippen LogP contribution < -0.4 is 5.32 Å². The van der Waals surface area contributed by atoms with Gasteiger partial charge in [0.25, 0.3) is 5.91 Å². The fourth-order valence-corrected chi connectivity index (χ4v) is 4.66. The number of benzene rings is 1. The first kappa shape index (κ1) is 22.3. The van der Waals surface area contributed by atoms with Crippen LogP contribution in [-0.4, -0.2) is 54.2 Å². The molecule has 1 aliphatic carbocycles. The minimum absolute atomic E-state index is 0.204. The summed E-state index contributed by atoms with van der Waals surface area (Å²) in [5, 5.41) is 6.37. The zero-order chi connectivity index (χ0) is 22.8. The van der Waals surface area contributed by atoms with E-state index in [1.54, 1.807) is 0 Å². The summed E-state index contributed by atoms with van der Waals surface area (Å²) in [5.74, 6) is -5.35. The highest BCUT2D eigenvalue weighted by Gasteiger charge is 2.39. The Morgan fingerprint density at radius 3 is 2.47 bits per heavy atom. The number of methoxy groups -OCH3 is 1. The number of ether oxygens (including phenoxy) is 1. The van der Waals surface area contributed by atoms with Gasteiger partial charge in [-0.3, -0.25) is 14.5 Å². The molecule has 0 spiro atoms. The highest BCUT2D eigenvalue weighted by atomic mass is 19.1. The maximum Gasteiger partial charge on any atom is 0.312 e. The van der Waals surface area contributed by atoms with Crippen LogP contribution in [0.1, 0.15) is 42.6 Å². The summed E-state index contributed by atoms with van der Waals surface area (Å²) in [6.07, 6.45) is 5.10. The molecule has 1 aromatic heterocycles. The molecule has 2 fully saturated rings. The SMILES string of the molecule is COC(=O)[C@@H]1CN(C2CCCC2)CC[C@H]1NC(=O)c1cc(-c2c(F)cc(F)cc2F)on1. The van der Waals surface area contributed by atoms with E-state index in [9.17, 15) is 22.8 Å². The van der Waals surface area contributed by atoms with Crippen molar-refractivity contribution in [1.82, 2.24) is 15.4 Å². The summed E-state index contributed by atoms with van der Waals surface area (Å²) in [6.45, 7) is 1.22. The molecule has 4 rings (SSSR count). The first-order valence-corrected chi connectivity index (χ1v) is 10.6. The van der Waals surface area contributed by atoms with E-state index in [1.165, 1.54) is 20.0 Å². The van der Waals surface area contributed by atoms with Crippen molar-refractivity contribution in [2.24, 2.45) is 5.92 Å². The fraction of sp³-hybridized carbons (Fsp3) is 0.500. The van der Waals surface area contributed by atoms with Crippen LogP contribution in [0.3, 0.4) is 0 Å². The van der Waals surface area contributed by atoms with Crippen LogP contribution >= 0.6 is 0 Å². The number of likely N-dealkylation sites (tertiary alicyclic amines) is 1. The van der Waals surface area contributed by atoms with E-state index in [2.05, 4.69) is 15.4 Å². The lowest BCUT2D eigenvalue weighted by atomic mass is 9.90. The molecule has 1 amide bonds. The first-order valence-electron chi connectivity index (χ1n) is 10.6. The molecular weight excluding hydrogens is 427 g/mol. The highest BCUT2D eigenvalue weighted by molar-refractivity contribution is 5.93. The van der Waals surface area contributed by atoms with E-state index in [0.717, 1.165) is 25.5 Å². The number of aromatic nitrogens is 1. The number of carbonyl (C=O) groups is 2. The second-order valence-corrected chi connectivity index (χ2v) is 8.25. The minimum atomic E-state index is -1.17. The summed E-state index contributed by atoms with van der Waals surface area (Å²) in [4.78, 5) is 27.4. The van der Waals surface area contributed by atoms with E-state index in [4.69, 9.17) is 9.26 Å². The Morgan fingerprint density at radius 2 is 1.81 bits per heavy atom. The van der Waals surface area contributed by atoms with Crippen LogP contribution in [0.25, 0.3) is 11.3 Å². The van der Waals surface area contributed by atoms with Gasteiger partial charge in [-0.15, -0.1) is 0 Å². The van der Waals surface area contributed by atoms with Crippen LogP contribution in [0.2, 0.25) is 0 Å². The fourth-order valence-electron chi connectivity index (χ4n) is 4.66. The van der Waals surface area contributed by atoms with Gasteiger partial charge in [-0.05, 0) is 19.3 Å². The van der Waals surface area contributed by atoms with Crippen molar-refractivity contribution in [1.29, 1.82) is 0 Å². The Bertz CT molecular complexity index is 983. The predicted molar refractivity (Wildman–Crippen MR) is 107 cm³/mol. The number of nitrogens with zero attached hydrogens (tertiary/aromatic N) is 2. The van der Waals surface area contributed by atoms with Gasteiger partial charge < -0.3 is 14.6 Å². The van der Waals surface area contributed by atoms with E-state index in [-0.39, 0.29) is 11.5 Å². The number of esters is 1. The molecule has 0 radical (unpaired) electrons. The molecule has 1 N–H and O–H groups in total. The summed E-state index contributed by atoms with van der Waals surface area (Å²) in [6, 6.07) is 2.07. The van der Waals surface area contributed by atoms with Crippen molar-refractivity contribution in [2.45, 2.75) is 44.2 Å². The third kappa shape index (κ3) is 4.50. The topological polar surface area (TPSA) is 84.7 Å². The largest absolute Gasteiger partial charge is 0.469 e. The smallest absolute Gasteiger partial charge is 0.312 e. The first-order chi connectivity index (χ1) is 15.4. The molecule has 1 aromatic carbocycles. The molecule has 2 atom stereocenters. The molecule has 10 heteroatoms. The van der Waals surface area contributed by atoms with Gasteiger partial charge in [0, 0.05) is 43.4 Å². The molecule has 32 heavy (non-hydrogen) atoms. The molecule has 1 aliphatic heterocycles. The Labute approximate surface area is 182 Å². The van der Waals surface area contributed by atoms with Gasteiger partial charge in [-0.1, -0.05) is 18.0 Å². The van der Waals surface area contributed by atoms with Crippen LogP contribution in [0, 0.1) is 23.4 Å². The molecule has 1 saturated heterocycles. The second kappa shape index (κ2) is 9.32. The summed E-state index contributed by atoms with van der Waals surface area (Å²) >= 11 is 0. The molecule has 2 heterocycles. The Hall–Kier alpha value is -2.88. The lowest BCUT2D eigenvalue weighted by molar-refractivity contribution is -0.148. The van der Waals surface area contributed by atoms with E-state index in [0.29, 0.717) is 31.1 Å². The van der Waals surface area contributed by atoms with Crippen LogP contribution in [-0.2, 0) is 9.53 Å². The van der Waals surface area contributed by atoms with Crippen molar-refractivity contribution in [3.05, 3.63) is 41.3 Å². The monoisotopic (exact) mass is 451 g/mol. The third-order valence-corrected chi connectivity index (χ3v) is 6.30. The quantitative estimate of drug-likeness (QED) is 0.703. The Balaban J connectivity index is 1.48. The summed E-state index contributed by atoms with van der Waals surface area (Å²) < 4.78 is 51.0. The van der Waals surface area contributed by atoms with Crippen molar-refractivity contribution in [2.75, 3.05) is 20.2 Å². The molecule has 7 nitrogen and oxygen atoms in total. The van der Waals surface area contributed by atoms with Crippen molar-refractivity contribution in [3.8, 4) is 11.3 Å².